The summed E-state index contributed by atoms with van der Waals surface area (Å²) in [5, 5.41) is 1.52. The van der Waals surface area contributed by atoms with Crippen molar-refractivity contribution < 1.29 is 9.53 Å². The molecule has 7 heteroatoms. The van der Waals surface area contributed by atoms with Gasteiger partial charge in [0.25, 0.3) is 0 Å². The van der Waals surface area contributed by atoms with Gasteiger partial charge < -0.3 is 19.5 Å². The Morgan fingerprint density at radius 1 is 1.16 bits per heavy atom. The summed E-state index contributed by atoms with van der Waals surface area (Å²) in [5.74, 6) is 0. The van der Waals surface area contributed by atoms with E-state index in [-0.39, 0.29) is 11.7 Å². The Hall–Kier alpha value is -2.21. The number of piperazine rings is 1. The molecule has 1 aromatic carbocycles. The SMILES string of the molecule is CC(C)(C)OC(=O)N1CCN(c2cc(=O)[nH]c3cc(Cl)ccc23)CC1. The minimum absolute atomic E-state index is 0.167. The molecule has 1 N–H and O–H groups in total. The van der Waals surface area contributed by atoms with E-state index < -0.39 is 5.60 Å². The van der Waals surface area contributed by atoms with Crippen LogP contribution >= 0.6 is 11.6 Å². The molecule has 1 aliphatic heterocycles. The molecule has 0 bridgehead atoms. The summed E-state index contributed by atoms with van der Waals surface area (Å²) >= 11 is 6.02. The zero-order valence-electron chi connectivity index (χ0n) is 14.6. The van der Waals surface area contributed by atoms with Crippen molar-refractivity contribution in [3.63, 3.8) is 0 Å². The fourth-order valence-electron chi connectivity index (χ4n) is 2.93. The number of carbonyl (C=O) groups is 1. The fourth-order valence-corrected chi connectivity index (χ4v) is 3.10. The van der Waals surface area contributed by atoms with Gasteiger partial charge in [-0.25, -0.2) is 4.79 Å². The molecule has 6 nitrogen and oxygen atoms in total. The number of anilines is 1. The molecule has 0 unspecified atom stereocenters. The smallest absolute Gasteiger partial charge is 0.410 e. The first-order valence-electron chi connectivity index (χ1n) is 8.28. The summed E-state index contributed by atoms with van der Waals surface area (Å²) in [4.78, 5) is 30.8. The third-order valence-electron chi connectivity index (χ3n) is 4.06. The van der Waals surface area contributed by atoms with Gasteiger partial charge in [0, 0.05) is 42.7 Å². The van der Waals surface area contributed by atoms with Gasteiger partial charge in [-0.3, -0.25) is 4.79 Å². The highest BCUT2D eigenvalue weighted by Gasteiger charge is 2.26. The Bertz CT molecular complexity index is 849. The number of pyridine rings is 1. The number of carbonyl (C=O) groups excluding carboxylic acids is 1. The summed E-state index contributed by atoms with van der Waals surface area (Å²) in [6.07, 6.45) is -0.297. The number of ether oxygens (including phenoxy) is 1. The lowest BCUT2D eigenvalue weighted by Gasteiger charge is -2.37. The number of hydrogen-bond donors (Lipinski definition) is 1. The molecule has 1 aliphatic rings. The summed E-state index contributed by atoms with van der Waals surface area (Å²) in [5.41, 5.74) is 0.902. The van der Waals surface area contributed by atoms with Gasteiger partial charge in [0.1, 0.15) is 5.60 Å². The van der Waals surface area contributed by atoms with Crippen LogP contribution in [0.25, 0.3) is 10.9 Å². The first-order valence-corrected chi connectivity index (χ1v) is 8.66. The van der Waals surface area contributed by atoms with E-state index in [4.69, 9.17) is 16.3 Å². The number of nitrogens with zero attached hydrogens (tertiary/aromatic N) is 2. The highest BCUT2D eigenvalue weighted by atomic mass is 35.5. The number of fused-ring (bicyclic) bond motifs is 1. The first kappa shape index (κ1) is 17.6. The molecule has 3 rings (SSSR count). The molecule has 0 radical (unpaired) electrons. The largest absolute Gasteiger partial charge is 0.444 e. The molecule has 1 fully saturated rings. The van der Waals surface area contributed by atoms with Crippen LogP contribution in [0.4, 0.5) is 10.5 Å². The maximum Gasteiger partial charge on any atom is 0.410 e. The quantitative estimate of drug-likeness (QED) is 0.844. The van der Waals surface area contributed by atoms with Gasteiger partial charge in [0.05, 0.1) is 11.2 Å². The predicted molar refractivity (Wildman–Crippen MR) is 99.6 cm³/mol. The van der Waals surface area contributed by atoms with Gasteiger partial charge in [0.2, 0.25) is 5.56 Å². The number of amides is 1. The van der Waals surface area contributed by atoms with E-state index >= 15 is 0 Å². The number of aromatic amines is 1. The zero-order valence-corrected chi connectivity index (χ0v) is 15.4. The Balaban J connectivity index is 1.78. The van der Waals surface area contributed by atoms with E-state index in [1.807, 2.05) is 32.9 Å². The number of rotatable bonds is 1. The van der Waals surface area contributed by atoms with E-state index in [1.54, 1.807) is 17.0 Å². The molecule has 1 aromatic heterocycles. The molecule has 2 heterocycles. The number of benzene rings is 1. The van der Waals surface area contributed by atoms with Gasteiger partial charge >= 0.3 is 6.09 Å². The minimum atomic E-state index is -0.504. The Kier molecular flexibility index (Phi) is 4.64. The standard InChI is InChI=1S/C18H22ClN3O3/c1-18(2,3)25-17(24)22-8-6-21(7-9-22)15-11-16(23)20-14-10-12(19)4-5-13(14)15/h4-5,10-11H,6-9H2,1-3H3,(H,20,23). The maximum atomic E-state index is 12.2. The number of aromatic nitrogens is 1. The van der Waals surface area contributed by atoms with Crippen molar-refractivity contribution in [2.24, 2.45) is 0 Å². The highest BCUT2D eigenvalue weighted by molar-refractivity contribution is 6.31. The molecule has 2 aromatic rings. The molecular weight excluding hydrogens is 342 g/mol. The van der Waals surface area contributed by atoms with Crippen molar-refractivity contribution in [3.05, 3.63) is 39.6 Å². The number of nitrogens with one attached hydrogen (secondary N) is 1. The molecular formula is C18H22ClN3O3. The van der Waals surface area contributed by atoms with Crippen LogP contribution in [0.15, 0.2) is 29.1 Å². The Morgan fingerprint density at radius 2 is 1.84 bits per heavy atom. The van der Waals surface area contributed by atoms with Crippen LogP contribution in [0.1, 0.15) is 20.8 Å². The first-order chi connectivity index (χ1) is 11.7. The average Bonchev–Trinajstić information content (AvgIpc) is 2.52. The van der Waals surface area contributed by atoms with Gasteiger partial charge in [0.15, 0.2) is 0 Å². The maximum absolute atomic E-state index is 12.2. The zero-order chi connectivity index (χ0) is 18.2. The normalized spacial score (nSPS) is 15.5. The van der Waals surface area contributed by atoms with Gasteiger partial charge in [-0.05, 0) is 39.0 Å². The lowest BCUT2D eigenvalue weighted by Crippen LogP contribution is -2.50. The molecule has 25 heavy (non-hydrogen) atoms. The van der Waals surface area contributed by atoms with E-state index in [0.717, 1.165) is 11.1 Å². The molecule has 0 atom stereocenters. The average molecular weight is 364 g/mol. The van der Waals surface area contributed by atoms with E-state index in [9.17, 15) is 9.59 Å². The molecule has 0 aliphatic carbocycles. The third-order valence-corrected chi connectivity index (χ3v) is 4.29. The summed E-state index contributed by atoms with van der Waals surface area (Å²) in [6, 6.07) is 7.06. The van der Waals surface area contributed by atoms with Crippen LogP contribution in [-0.4, -0.2) is 47.8 Å². The second-order valence-corrected chi connectivity index (χ2v) is 7.60. The van der Waals surface area contributed by atoms with Crippen LogP contribution in [0.3, 0.4) is 0 Å². The van der Waals surface area contributed by atoms with E-state index in [2.05, 4.69) is 9.88 Å². The molecule has 1 amide bonds. The lowest BCUT2D eigenvalue weighted by molar-refractivity contribution is 0.0240. The van der Waals surface area contributed by atoms with E-state index in [0.29, 0.717) is 36.7 Å². The van der Waals surface area contributed by atoms with Crippen LogP contribution in [0, 0.1) is 0 Å². The van der Waals surface area contributed by atoms with Crippen molar-refractivity contribution in [2.75, 3.05) is 31.1 Å². The highest BCUT2D eigenvalue weighted by Crippen LogP contribution is 2.27. The van der Waals surface area contributed by atoms with Gasteiger partial charge in [-0.15, -0.1) is 0 Å². The van der Waals surface area contributed by atoms with Crippen molar-refractivity contribution >= 4 is 34.3 Å². The Labute approximate surface area is 151 Å². The number of H-pyrrole nitrogens is 1. The lowest BCUT2D eigenvalue weighted by atomic mass is 10.1. The van der Waals surface area contributed by atoms with Crippen molar-refractivity contribution in [1.29, 1.82) is 0 Å². The van der Waals surface area contributed by atoms with Crippen molar-refractivity contribution in [3.8, 4) is 0 Å². The third kappa shape index (κ3) is 4.07. The summed E-state index contributed by atoms with van der Waals surface area (Å²) in [7, 11) is 0. The number of hydrogen-bond acceptors (Lipinski definition) is 4. The van der Waals surface area contributed by atoms with E-state index in [1.165, 1.54) is 0 Å². The molecule has 0 saturated carbocycles. The molecule has 1 saturated heterocycles. The predicted octanol–water partition coefficient (Wildman–Crippen LogP) is 3.24. The number of halogens is 1. The fraction of sp³-hybridized carbons (Fsp3) is 0.444. The monoisotopic (exact) mass is 363 g/mol. The van der Waals surface area contributed by atoms with Gasteiger partial charge in [-0.2, -0.15) is 0 Å². The Morgan fingerprint density at radius 3 is 2.48 bits per heavy atom. The van der Waals surface area contributed by atoms with Crippen LogP contribution in [-0.2, 0) is 4.74 Å². The van der Waals surface area contributed by atoms with Crippen LogP contribution < -0.4 is 10.5 Å². The summed E-state index contributed by atoms with van der Waals surface area (Å²) < 4.78 is 5.42. The molecule has 134 valence electrons. The minimum Gasteiger partial charge on any atom is -0.444 e. The topological polar surface area (TPSA) is 65.6 Å². The van der Waals surface area contributed by atoms with Crippen molar-refractivity contribution in [1.82, 2.24) is 9.88 Å². The summed E-state index contributed by atoms with van der Waals surface area (Å²) in [6.45, 7) is 7.95. The molecule has 0 spiro atoms. The van der Waals surface area contributed by atoms with Gasteiger partial charge in [-0.1, -0.05) is 11.6 Å². The van der Waals surface area contributed by atoms with Crippen molar-refractivity contribution in [2.45, 2.75) is 26.4 Å². The van der Waals surface area contributed by atoms with Crippen LogP contribution in [0.5, 0.6) is 0 Å². The second-order valence-electron chi connectivity index (χ2n) is 7.16. The second kappa shape index (κ2) is 6.59. The van der Waals surface area contributed by atoms with Crippen LogP contribution in [0.2, 0.25) is 5.02 Å².